The number of morpholine rings is 1. The van der Waals surface area contributed by atoms with Gasteiger partial charge in [0.2, 0.25) is 10.0 Å². The first-order valence-corrected chi connectivity index (χ1v) is 11.6. The molecule has 1 fully saturated rings. The quantitative estimate of drug-likeness (QED) is 0.692. The molecule has 0 spiro atoms. The average molecular weight is 433 g/mol. The highest BCUT2D eigenvalue weighted by Gasteiger charge is 2.28. The topological polar surface area (TPSA) is 84.9 Å². The van der Waals surface area contributed by atoms with Crippen molar-refractivity contribution in [3.8, 4) is 5.75 Å². The monoisotopic (exact) mass is 432 g/mol. The molecular formula is C22H28N2O5S. The summed E-state index contributed by atoms with van der Waals surface area (Å²) in [4.78, 5) is 12.9. The number of carbonyl (C=O) groups is 1. The zero-order valence-electron chi connectivity index (χ0n) is 17.4. The molecule has 0 bridgehead atoms. The molecular weight excluding hydrogens is 404 g/mol. The summed E-state index contributed by atoms with van der Waals surface area (Å²) in [6, 6.07) is 12.0. The van der Waals surface area contributed by atoms with E-state index in [1.165, 1.54) is 35.2 Å². The standard InChI is InChI=1S/C22H28N2O5S/c1-3-4-5-17-6-8-18(9-7-17)23-22(25)20-16-19(10-11-21(20)28-2)30(26,27)24-12-14-29-15-13-24/h6-11,16H,3-5,12-15H2,1-2H3,(H,23,25). The molecule has 0 saturated carbocycles. The fourth-order valence-electron chi connectivity index (χ4n) is 3.30. The summed E-state index contributed by atoms with van der Waals surface area (Å²) in [5, 5.41) is 2.83. The molecule has 3 rings (SSSR count). The zero-order chi connectivity index (χ0) is 21.6. The van der Waals surface area contributed by atoms with E-state index in [1.807, 2.05) is 24.3 Å². The smallest absolute Gasteiger partial charge is 0.259 e. The molecule has 162 valence electrons. The molecule has 0 unspecified atom stereocenters. The Hall–Kier alpha value is -2.42. The van der Waals surface area contributed by atoms with Crippen molar-refractivity contribution in [3.63, 3.8) is 0 Å². The minimum absolute atomic E-state index is 0.0604. The second-order valence-electron chi connectivity index (χ2n) is 7.13. The average Bonchev–Trinajstić information content (AvgIpc) is 2.78. The molecule has 0 aliphatic carbocycles. The first-order valence-electron chi connectivity index (χ1n) is 10.1. The molecule has 1 aliphatic rings. The number of sulfonamides is 1. The Morgan fingerprint density at radius 2 is 1.83 bits per heavy atom. The number of carbonyl (C=O) groups excluding carboxylic acids is 1. The van der Waals surface area contributed by atoms with Crippen LogP contribution in [0.4, 0.5) is 5.69 Å². The number of aryl methyl sites for hydroxylation is 1. The van der Waals surface area contributed by atoms with E-state index in [-0.39, 0.29) is 10.5 Å². The van der Waals surface area contributed by atoms with E-state index in [0.29, 0.717) is 37.7 Å². The summed E-state index contributed by atoms with van der Waals surface area (Å²) in [6.45, 7) is 3.45. The highest BCUT2D eigenvalue weighted by Crippen LogP contribution is 2.26. The molecule has 2 aromatic carbocycles. The van der Waals surface area contributed by atoms with Gasteiger partial charge in [0, 0.05) is 18.8 Å². The number of rotatable bonds is 8. The molecule has 1 heterocycles. The van der Waals surface area contributed by atoms with Crippen LogP contribution in [0.1, 0.15) is 35.7 Å². The van der Waals surface area contributed by atoms with Gasteiger partial charge in [-0.05, 0) is 48.7 Å². The van der Waals surface area contributed by atoms with Crippen LogP contribution in [0.15, 0.2) is 47.4 Å². The zero-order valence-corrected chi connectivity index (χ0v) is 18.2. The molecule has 0 radical (unpaired) electrons. The van der Waals surface area contributed by atoms with E-state index in [9.17, 15) is 13.2 Å². The van der Waals surface area contributed by atoms with Crippen molar-refractivity contribution in [3.05, 3.63) is 53.6 Å². The van der Waals surface area contributed by atoms with Crippen LogP contribution in [0.5, 0.6) is 5.75 Å². The van der Waals surface area contributed by atoms with Crippen LogP contribution >= 0.6 is 0 Å². The summed E-state index contributed by atoms with van der Waals surface area (Å²) >= 11 is 0. The minimum Gasteiger partial charge on any atom is -0.496 e. The number of benzene rings is 2. The van der Waals surface area contributed by atoms with E-state index >= 15 is 0 Å². The number of methoxy groups -OCH3 is 1. The third-order valence-electron chi connectivity index (χ3n) is 5.05. The summed E-state index contributed by atoms with van der Waals surface area (Å²) in [5.41, 5.74) is 2.02. The molecule has 8 heteroatoms. The number of hydrogen-bond donors (Lipinski definition) is 1. The van der Waals surface area contributed by atoms with E-state index < -0.39 is 15.9 Å². The van der Waals surface area contributed by atoms with Crippen LogP contribution in [0.3, 0.4) is 0 Å². The number of nitrogens with zero attached hydrogens (tertiary/aromatic N) is 1. The van der Waals surface area contributed by atoms with Gasteiger partial charge in [-0.15, -0.1) is 0 Å². The van der Waals surface area contributed by atoms with Crippen molar-refractivity contribution in [2.45, 2.75) is 31.1 Å². The number of amides is 1. The Bertz CT molecular complexity index is 968. The van der Waals surface area contributed by atoms with Crippen LogP contribution in [-0.2, 0) is 21.2 Å². The second-order valence-corrected chi connectivity index (χ2v) is 9.07. The van der Waals surface area contributed by atoms with E-state index in [2.05, 4.69) is 12.2 Å². The second kappa shape index (κ2) is 10.1. The van der Waals surface area contributed by atoms with Gasteiger partial charge in [0.05, 0.1) is 30.8 Å². The number of ether oxygens (including phenoxy) is 2. The third kappa shape index (κ3) is 5.19. The number of nitrogens with one attached hydrogen (secondary N) is 1. The van der Waals surface area contributed by atoms with Gasteiger partial charge in [0.1, 0.15) is 5.75 Å². The fourth-order valence-corrected chi connectivity index (χ4v) is 4.73. The van der Waals surface area contributed by atoms with Crippen molar-refractivity contribution in [1.82, 2.24) is 4.31 Å². The summed E-state index contributed by atoms with van der Waals surface area (Å²) in [6.07, 6.45) is 3.25. The Kier molecular flexibility index (Phi) is 7.47. The van der Waals surface area contributed by atoms with Crippen molar-refractivity contribution in [1.29, 1.82) is 0 Å². The maximum atomic E-state index is 12.9. The van der Waals surface area contributed by atoms with Gasteiger partial charge in [-0.1, -0.05) is 25.5 Å². The summed E-state index contributed by atoms with van der Waals surface area (Å²) < 4.78 is 37.8. The fraction of sp³-hybridized carbons (Fsp3) is 0.409. The SMILES string of the molecule is CCCCc1ccc(NC(=O)c2cc(S(=O)(=O)N3CCOCC3)ccc2OC)cc1. The maximum absolute atomic E-state index is 12.9. The van der Waals surface area contributed by atoms with Gasteiger partial charge >= 0.3 is 0 Å². The molecule has 1 amide bonds. The summed E-state index contributed by atoms with van der Waals surface area (Å²) in [5.74, 6) is -0.111. The van der Waals surface area contributed by atoms with Crippen molar-refractivity contribution in [2.24, 2.45) is 0 Å². The molecule has 0 aromatic heterocycles. The van der Waals surface area contributed by atoms with E-state index in [4.69, 9.17) is 9.47 Å². The Morgan fingerprint density at radius 3 is 2.47 bits per heavy atom. The largest absolute Gasteiger partial charge is 0.496 e. The molecule has 1 N–H and O–H groups in total. The predicted octanol–water partition coefficient (Wildman–Crippen LogP) is 3.31. The Morgan fingerprint density at radius 1 is 1.13 bits per heavy atom. The van der Waals surface area contributed by atoms with Crippen molar-refractivity contribution >= 4 is 21.6 Å². The van der Waals surface area contributed by atoms with Gasteiger partial charge in [-0.25, -0.2) is 8.42 Å². The maximum Gasteiger partial charge on any atom is 0.259 e. The number of hydrogen-bond acceptors (Lipinski definition) is 5. The minimum atomic E-state index is -3.71. The van der Waals surface area contributed by atoms with E-state index in [1.54, 1.807) is 0 Å². The van der Waals surface area contributed by atoms with Crippen molar-refractivity contribution in [2.75, 3.05) is 38.7 Å². The highest BCUT2D eigenvalue weighted by molar-refractivity contribution is 7.89. The first kappa shape index (κ1) is 22.3. The van der Waals surface area contributed by atoms with Crippen LogP contribution in [-0.4, -0.2) is 52.0 Å². The van der Waals surface area contributed by atoms with Crippen LogP contribution in [0, 0.1) is 0 Å². The summed E-state index contributed by atoms with van der Waals surface area (Å²) in [7, 11) is -2.26. The lowest BCUT2D eigenvalue weighted by Gasteiger charge is -2.26. The third-order valence-corrected chi connectivity index (χ3v) is 6.95. The molecule has 7 nitrogen and oxygen atoms in total. The number of anilines is 1. The van der Waals surface area contributed by atoms with Crippen molar-refractivity contribution < 1.29 is 22.7 Å². The van der Waals surface area contributed by atoms with Gasteiger partial charge in [-0.3, -0.25) is 4.79 Å². The molecule has 0 atom stereocenters. The van der Waals surface area contributed by atoms with Gasteiger partial charge in [0.25, 0.3) is 5.91 Å². The molecule has 30 heavy (non-hydrogen) atoms. The molecule has 1 aliphatic heterocycles. The van der Waals surface area contributed by atoms with Crippen LogP contribution in [0.25, 0.3) is 0 Å². The van der Waals surface area contributed by atoms with Gasteiger partial charge < -0.3 is 14.8 Å². The van der Waals surface area contributed by atoms with Crippen LogP contribution in [0.2, 0.25) is 0 Å². The Labute approximate surface area is 178 Å². The van der Waals surface area contributed by atoms with E-state index in [0.717, 1.165) is 19.3 Å². The van der Waals surface area contributed by atoms with Gasteiger partial charge in [-0.2, -0.15) is 4.31 Å². The Balaban J connectivity index is 1.81. The highest BCUT2D eigenvalue weighted by atomic mass is 32.2. The van der Waals surface area contributed by atoms with Crippen LogP contribution < -0.4 is 10.1 Å². The molecule has 2 aromatic rings. The van der Waals surface area contributed by atoms with Gasteiger partial charge in [0.15, 0.2) is 0 Å². The lowest BCUT2D eigenvalue weighted by Crippen LogP contribution is -2.40. The first-order chi connectivity index (χ1) is 14.5. The normalized spacial score (nSPS) is 15.0. The predicted molar refractivity (Wildman–Crippen MR) is 116 cm³/mol. The lowest BCUT2D eigenvalue weighted by molar-refractivity contribution is 0.0730. The number of unbranched alkanes of at least 4 members (excludes halogenated alkanes) is 1. The lowest BCUT2D eigenvalue weighted by atomic mass is 10.1. The molecule has 1 saturated heterocycles.